The van der Waals surface area contributed by atoms with Crippen molar-refractivity contribution in [3.63, 3.8) is 0 Å². The van der Waals surface area contributed by atoms with Crippen molar-refractivity contribution in [3.8, 4) is 0 Å². The maximum absolute atomic E-state index is 12.5. The third-order valence-corrected chi connectivity index (χ3v) is 4.51. The zero-order chi connectivity index (χ0) is 18.8. The fourth-order valence-corrected chi connectivity index (χ4v) is 3.11. The first-order valence-corrected chi connectivity index (χ1v) is 9.02. The van der Waals surface area contributed by atoms with E-state index >= 15 is 0 Å². The number of carbonyl (C=O) groups is 1. The lowest BCUT2D eigenvalue weighted by molar-refractivity contribution is -0.117. The largest absolute Gasteiger partial charge is 0.457 e. The number of aromatic amines is 1. The summed E-state index contributed by atoms with van der Waals surface area (Å²) in [5, 5.41) is 4.05. The summed E-state index contributed by atoms with van der Waals surface area (Å²) in [6.07, 6.45) is 3.18. The molecule has 0 spiro atoms. The molecule has 0 saturated heterocycles. The molecule has 27 heavy (non-hydrogen) atoms. The Morgan fingerprint density at radius 3 is 2.70 bits per heavy atom. The predicted molar refractivity (Wildman–Crippen MR) is 107 cm³/mol. The Kier molecular flexibility index (Phi) is 4.50. The fourth-order valence-electron chi connectivity index (χ4n) is 3.11. The van der Waals surface area contributed by atoms with Crippen LogP contribution in [-0.2, 0) is 4.79 Å². The summed E-state index contributed by atoms with van der Waals surface area (Å²) in [4.78, 5) is 20.4. The van der Waals surface area contributed by atoms with E-state index in [1.807, 2.05) is 54.6 Å². The number of carbonyl (C=O) groups excluding carboxylic acids is 1. The molecule has 0 saturated carbocycles. The molecule has 5 heteroatoms. The smallest absolute Gasteiger partial charge is 0.244 e. The second-order valence-corrected chi connectivity index (χ2v) is 6.89. The maximum atomic E-state index is 12.5. The summed E-state index contributed by atoms with van der Waals surface area (Å²) in [6, 6.07) is 17.3. The van der Waals surface area contributed by atoms with Gasteiger partial charge in [-0.15, -0.1) is 0 Å². The van der Waals surface area contributed by atoms with Crippen LogP contribution in [0.5, 0.6) is 0 Å². The van der Waals surface area contributed by atoms with Crippen LogP contribution in [-0.4, -0.2) is 15.9 Å². The van der Waals surface area contributed by atoms with Crippen molar-refractivity contribution in [2.24, 2.45) is 5.92 Å². The molecule has 5 nitrogen and oxygen atoms in total. The summed E-state index contributed by atoms with van der Waals surface area (Å²) < 4.78 is 5.71. The maximum Gasteiger partial charge on any atom is 0.244 e. The molecular weight excluding hydrogens is 338 g/mol. The van der Waals surface area contributed by atoms with E-state index in [1.54, 1.807) is 6.08 Å². The Hall–Kier alpha value is -3.34. The molecule has 1 atom stereocenters. The van der Waals surface area contributed by atoms with E-state index in [1.165, 1.54) is 6.08 Å². The molecule has 1 unspecified atom stereocenters. The zero-order valence-electron chi connectivity index (χ0n) is 15.3. The Balaban J connectivity index is 1.51. The van der Waals surface area contributed by atoms with Crippen LogP contribution in [0.25, 0.3) is 28.1 Å². The molecule has 2 aromatic carbocycles. The molecule has 0 aliphatic rings. The number of hydrogen-bond donors (Lipinski definition) is 2. The Morgan fingerprint density at radius 1 is 1.15 bits per heavy atom. The summed E-state index contributed by atoms with van der Waals surface area (Å²) in [5.41, 5.74) is 2.66. The minimum atomic E-state index is -0.203. The quantitative estimate of drug-likeness (QED) is 0.501. The molecule has 2 heterocycles. The van der Waals surface area contributed by atoms with Crippen molar-refractivity contribution in [1.82, 2.24) is 15.3 Å². The minimum absolute atomic E-state index is 0.186. The van der Waals surface area contributed by atoms with Gasteiger partial charge in [-0.05, 0) is 36.3 Å². The molecule has 2 N–H and O–H groups in total. The molecule has 4 aromatic rings. The normalized spacial score (nSPS) is 13.0. The number of H-pyrrole nitrogens is 1. The molecule has 136 valence electrons. The van der Waals surface area contributed by atoms with E-state index in [4.69, 9.17) is 4.42 Å². The number of nitrogens with one attached hydrogen (secondary N) is 2. The highest BCUT2D eigenvalue weighted by atomic mass is 16.3. The van der Waals surface area contributed by atoms with Gasteiger partial charge in [0.05, 0.1) is 17.1 Å². The van der Waals surface area contributed by atoms with E-state index in [0.717, 1.165) is 27.8 Å². The first kappa shape index (κ1) is 17.1. The number of hydrogen-bond acceptors (Lipinski definition) is 3. The lowest BCUT2D eigenvalue weighted by atomic mass is 10.0. The number of furan rings is 1. The zero-order valence-corrected chi connectivity index (χ0v) is 15.3. The number of nitrogens with zero attached hydrogens (tertiary/aromatic N) is 1. The number of rotatable bonds is 5. The number of benzene rings is 2. The van der Waals surface area contributed by atoms with Gasteiger partial charge in [0.1, 0.15) is 17.2 Å². The second-order valence-electron chi connectivity index (χ2n) is 6.89. The Bertz CT molecular complexity index is 1050. The third-order valence-electron chi connectivity index (χ3n) is 4.51. The SMILES string of the molecule is CC(C)C(NC(=O)/C=C/c1cc2ccccc2o1)c1nc2ccccc2[nH]1. The average molecular weight is 359 g/mol. The van der Waals surface area contributed by atoms with Gasteiger partial charge < -0.3 is 14.7 Å². The van der Waals surface area contributed by atoms with E-state index in [0.29, 0.717) is 5.76 Å². The Labute approximate surface area is 157 Å². The van der Waals surface area contributed by atoms with E-state index in [-0.39, 0.29) is 17.9 Å². The van der Waals surface area contributed by atoms with Gasteiger partial charge in [0.15, 0.2) is 0 Å². The fraction of sp³-hybridized carbons (Fsp3) is 0.182. The van der Waals surface area contributed by atoms with Gasteiger partial charge >= 0.3 is 0 Å². The molecule has 2 aromatic heterocycles. The first-order valence-electron chi connectivity index (χ1n) is 9.02. The van der Waals surface area contributed by atoms with Crippen LogP contribution in [0.3, 0.4) is 0 Å². The lowest BCUT2D eigenvalue weighted by Gasteiger charge is -2.19. The number of aromatic nitrogens is 2. The monoisotopic (exact) mass is 359 g/mol. The lowest BCUT2D eigenvalue weighted by Crippen LogP contribution is -2.31. The molecule has 0 aliphatic carbocycles. The standard InChI is InChI=1S/C22H21N3O2/c1-14(2)21(22-23-17-8-4-5-9-18(17)24-22)25-20(26)12-11-16-13-15-7-3-6-10-19(15)27-16/h3-14,21H,1-2H3,(H,23,24)(H,25,26)/b12-11+. The van der Waals surface area contributed by atoms with Gasteiger partial charge in [0, 0.05) is 11.5 Å². The van der Waals surface area contributed by atoms with Crippen LogP contribution < -0.4 is 5.32 Å². The van der Waals surface area contributed by atoms with E-state index in [2.05, 4.69) is 29.1 Å². The van der Waals surface area contributed by atoms with Gasteiger partial charge in [0.2, 0.25) is 5.91 Å². The van der Waals surface area contributed by atoms with Crippen LogP contribution in [0.2, 0.25) is 0 Å². The molecule has 0 aliphatic heterocycles. The highest BCUT2D eigenvalue weighted by molar-refractivity contribution is 5.92. The third kappa shape index (κ3) is 3.62. The van der Waals surface area contributed by atoms with Crippen LogP contribution in [0.4, 0.5) is 0 Å². The molecular formula is C22H21N3O2. The summed E-state index contributed by atoms with van der Waals surface area (Å²) in [7, 11) is 0. The second kappa shape index (κ2) is 7.11. The van der Waals surface area contributed by atoms with E-state index in [9.17, 15) is 4.79 Å². The highest BCUT2D eigenvalue weighted by Crippen LogP contribution is 2.23. The highest BCUT2D eigenvalue weighted by Gasteiger charge is 2.21. The van der Waals surface area contributed by atoms with Crippen molar-refractivity contribution >= 4 is 34.0 Å². The predicted octanol–water partition coefficient (Wildman–Crippen LogP) is 4.84. The number of para-hydroxylation sites is 3. The number of imidazole rings is 1. The van der Waals surface area contributed by atoms with Gasteiger partial charge in [-0.3, -0.25) is 4.79 Å². The van der Waals surface area contributed by atoms with Crippen molar-refractivity contribution in [2.45, 2.75) is 19.9 Å². The molecule has 0 bridgehead atoms. The first-order chi connectivity index (χ1) is 13.1. The van der Waals surface area contributed by atoms with Crippen molar-refractivity contribution < 1.29 is 9.21 Å². The molecule has 4 rings (SSSR count). The number of fused-ring (bicyclic) bond motifs is 2. The van der Waals surface area contributed by atoms with Crippen LogP contribution >= 0.6 is 0 Å². The van der Waals surface area contributed by atoms with Gasteiger partial charge in [0.25, 0.3) is 0 Å². The summed E-state index contributed by atoms with van der Waals surface area (Å²) in [6.45, 7) is 4.11. The van der Waals surface area contributed by atoms with Gasteiger partial charge in [-0.25, -0.2) is 4.98 Å². The Morgan fingerprint density at radius 2 is 1.93 bits per heavy atom. The average Bonchev–Trinajstić information content (AvgIpc) is 3.27. The number of amides is 1. The van der Waals surface area contributed by atoms with Gasteiger partial charge in [-0.2, -0.15) is 0 Å². The van der Waals surface area contributed by atoms with E-state index < -0.39 is 0 Å². The van der Waals surface area contributed by atoms with Crippen molar-refractivity contribution in [3.05, 3.63) is 72.3 Å². The molecule has 0 radical (unpaired) electrons. The van der Waals surface area contributed by atoms with Crippen LogP contribution in [0.1, 0.15) is 31.5 Å². The minimum Gasteiger partial charge on any atom is -0.457 e. The molecule has 0 fully saturated rings. The van der Waals surface area contributed by atoms with Gasteiger partial charge in [-0.1, -0.05) is 44.2 Å². The van der Waals surface area contributed by atoms with Crippen molar-refractivity contribution in [2.75, 3.05) is 0 Å². The van der Waals surface area contributed by atoms with Crippen LogP contribution in [0, 0.1) is 5.92 Å². The summed E-state index contributed by atoms with van der Waals surface area (Å²) >= 11 is 0. The molecule has 1 amide bonds. The topological polar surface area (TPSA) is 70.9 Å². The van der Waals surface area contributed by atoms with Crippen molar-refractivity contribution in [1.29, 1.82) is 0 Å². The summed E-state index contributed by atoms with van der Waals surface area (Å²) in [5.74, 6) is 1.41. The van der Waals surface area contributed by atoms with Crippen LogP contribution in [0.15, 0.2) is 65.1 Å².